The van der Waals surface area contributed by atoms with E-state index in [1.54, 1.807) is 6.07 Å². The SMILES string of the molecule is CC(C)c1noc(N2CCC(ON=C3CCC(c4ccc(C(N)=O)c(F)c4)CC3)CC2)n1. The fourth-order valence-corrected chi connectivity index (χ4v) is 4.25. The summed E-state index contributed by atoms with van der Waals surface area (Å²) in [7, 11) is 0. The zero-order chi connectivity index (χ0) is 22.7. The number of aromatic nitrogens is 2. The number of oxime groups is 1. The molecule has 2 heterocycles. The first-order chi connectivity index (χ1) is 15.4. The van der Waals surface area contributed by atoms with Gasteiger partial charge in [0.25, 0.3) is 5.91 Å². The first-order valence-corrected chi connectivity index (χ1v) is 11.3. The molecule has 0 radical (unpaired) electrons. The molecular weight excluding hydrogens is 413 g/mol. The molecule has 172 valence electrons. The molecule has 1 saturated heterocycles. The van der Waals surface area contributed by atoms with Gasteiger partial charge in [-0.25, -0.2) is 4.39 Å². The number of benzene rings is 1. The van der Waals surface area contributed by atoms with Crippen LogP contribution in [0, 0.1) is 5.82 Å². The Labute approximate surface area is 187 Å². The number of anilines is 1. The van der Waals surface area contributed by atoms with E-state index in [4.69, 9.17) is 15.1 Å². The smallest absolute Gasteiger partial charge is 0.324 e. The lowest BCUT2D eigenvalue weighted by Crippen LogP contribution is -2.36. The van der Waals surface area contributed by atoms with Crippen LogP contribution >= 0.6 is 0 Å². The van der Waals surface area contributed by atoms with E-state index in [2.05, 4.69) is 20.2 Å². The minimum absolute atomic E-state index is 0.0642. The Balaban J connectivity index is 1.24. The monoisotopic (exact) mass is 443 g/mol. The van der Waals surface area contributed by atoms with Crippen LogP contribution in [0.1, 0.15) is 86.0 Å². The Morgan fingerprint density at radius 2 is 1.97 bits per heavy atom. The van der Waals surface area contributed by atoms with Crippen LogP contribution in [0.4, 0.5) is 10.4 Å². The predicted octanol–water partition coefficient (Wildman–Crippen LogP) is 4.13. The summed E-state index contributed by atoms with van der Waals surface area (Å²) in [5.41, 5.74) is 7.08. The number of carbonyl (C=O) groups excluding carboxylic acids is 1. The van der Waals surface area contributed by atoms with Gasteiger partial charge in [-0.15, -0.1) is 0 Å². The fourth-order valence-electron chi connectivity index (χ4n) is 4.25. The maximum absolute atomic E-state index is 14.1. The lowest BCUT2D eigenvalue weighted by atomic mass is 9.83. The second-order valence-electron chi connectivity index (χ2n) is 8.92. The summed E-state index contributed by atoms with van der Waals surface area (Å²) in [6.07, 6.45) is 5.19. The molecule has 1 amide bonds. The second-order valence-corrected chi connectivity index (χ2v) is 8.92. The number of amides is 1. The molecule has 0 spiro atoms. The molecule has 2 N–H and O–H groups in total. The van der Waals surface area contributed by atoms with E-state index in [0.717, 1.165) is 68.7 Å². The molecule has 0 bridgehead atoms. The fraction of sp³-hybridized carbons (Fsp3) is 0.565. The van der Waals surface area contributed by atoms with Crippen LogP contribution < -0.4 is 10.6 Å². The molecule has 2 aliphatic rings. The molecule has 0 atom stereocenters. The molecule has 1 aliphatic carbocycles. The summed E-state index contributed by atoms with van der Waals surface area (Å²) in [6.45, 7) is 5.67. The van der Waals surface area contributed by atoms with Gasteiger partial charge < -0.3 is 20.0 Å². The number of primary amides is 1. The van der Waals surface area contributed by atoms with Crippen LogP contribution in [0.3, 0.4) is 0 Å². The second kappa shape index (κ2) is 9.67. The van der Waals surface area contributed by atoms with Crippen molar-refractivity contribution in [2.24, 2.45) is 10.9 Å². The molecular formula is C23H30FN5O3. The van der Waals surface area contributed by atoms with Crippen molar-refractivity contribution in [3.05, 3.63) is 41.0 Å². The minimum Gasteiger partial charge on any atom is -0.392 e. The number of nitrogens with zero attached hydrogens (tertiary/aromatic N) is 4. The molecule has 1 aromatic heterocycles. The van der Waals surface area contributed by atoms with Gasteiger partial charge in [-0.1, -0.05) is 30.2 Å². The van der Waals surface area contributed by atoms with Crippen LogP contribution in [0.25, 0.3) is 0 Å². The normalized spacial score (nSPS) is 19.9. The molecule has 2 fully saturated rings. The van der Waals surface area contributed by atoms with Gasteiger partial charge >= 0.3 is 6.01 Å². The maximum Gasteiger partial charge on any atom is 0.324 e. The lowest BCUT2D eigenvalue weighted by molar-refractivity contribution is 0.0401. The molecule has 9 heteroatoms. The number of hydrogen-bond acceptors (Lipinski definition) is 7. The molecule has 1 aromatic carbocycles. The van der Waals surface area contributed by atoms with Crippen molar-refractivity contribution >= 4 is 17.6 Å². The van der Waals surface area contributed by atoms with Gasteiger partial charge in [0.15, 0.2) is 5.82 Å². The Kier molecular flexibility index (Phi) is 6.72. The molecule has 2 aromatic rings. The highest BCUT2D eigenvalue weighted by Crippen LogP contribution is 2.33. The standard InChI is InChI=1S/C23H30FN5O3/c1-14(2)22-26-23(32-28-22)29-11-9-18(10-12-29)31-27-17-6-3-15(4-7-17)16-5-8-19(21(25)30)20(24)13-16/h5,8,13-15,18H,3-4,6-7,9-12H2,1-2H3,(H2,25,30). The molecule has 1 aliphatic heterocycles. The van der Waals surface area contributed by atoms with Crippen LogP contribution in [0.15, 0.2) is 27.9 Å². The van der Waals surface area contributed by atoms with Crippen molar-refractivity contribution in [1.82, 2.24) is 10.1 Å². The van der Waals surface area contributed by atoms with Crippen molar-refractivity contribution in [2.75, 3.05) is 18.0 Å². The number of halogens is 1. The van der Waals surface area contributed by atoms with Crippen molar-refractivity contribution < 1.29 is 18.5 Å². The van der Waals surface area contributed by atoms with E-state index in [0.29, 0.717) is 6.01 Å². The Hall–Kier alpha value is -2.97. The highest BCUT2D eigenvalue weighted by atomic mass is 19.1. The van der Waals surface area contributed by atoms with Gasteiger partial charge in [0.05, 0.1) is 11.3 Å². The largest absolute Gasteiger partial charge is 0.392 e. The quantitative estimate of drug-likeness (QED) is 0.673. The summed E-state index contributed by atoms with van der Waals surface area (Å²) >= 11 is 0. The number of hydrogen-bond donors (Lipinski definition) is 1. The van der Waals surface area contributed by atoms with Crippen molar-refractivity contribution in [1.29, 1.82) is 0 Å². The molecule has 8 nitrogen and oxygen atoms in total. The van der Waals surface area contributed by atoms with Gasteiger partial charge in [-0.2, -0.15) is 4.98 Å². The van der Waals surface area contributed by atoms with Crippen LogP contribution in [-0.4, -0.2) is 41.0 Å². The van der Waals surface area contributed by atoms with Gasteiger partial charge in [-0.05, 0) is 49.3 Å². The maximum atomic E-state index is 14.1. The van der Waals surface area contributed by atoms with Crippen molar-refractivity contribution in [2.45, 2.75) is 70.3 Å². The average Bonchev–Trinajstić information content (AvgIpc) is 3.29. The number of nitrogens with two attached hydrogens (primary N) is 1. The predicted molar refractivity (Wildman–Crippen MR) is 118 cm³/mol. The summed E-state index contributed by atoms with van der Waals surface area (Å²) in [5.74, 6) is -0.0731. The van der Waals surface area contributed by atoms with Gasteiger partial charge in [0.2, 0.25) is 0 Å². The first-order valence-electron chi connectivity index (χ1n) is 11.3. The summed E-state index contributed by atoms with van der Waals surface area (Å²) < 4.78 is 19.4. The van der Waals surface area contributed by atoms with Crippen molar-refractivity contribution in [3.63, 3.8) is 0 Å². The third kappa shape index (κ3) is 5.08. The van der Waals surface area contributed by atoms with Gasteiger partial charge in [0, 0.05) is 31.8 Å². The molecule has 32 heavy (non-hydrogen) atoms. The topological polar surface area (TPSA) is 107 Å². The van der Waals surface area contributed by atoms with E-state index in [9.17, 15) is 9.18 Å². The van der Waals surface area contributed by atoms with E-state index >= 15 is 0 Å². The Morgan fingerprint density at radius 3 is 2.56 bits per heavy atom. The van der Waals surface area contributed by atoms with Crippen LogP contribution in [-0.2, 0) is 4.84 Å². The summed E-state index contributed by atoms with van der Waals surface area (Å²) in [5, 5.41) is 8.46. The zero-order valence-electron chi connectivity index (χ0n) is 18.6. The number of piperidine rings is 1. The third-order valence-electron chi connectivity index (χ3n) is 6.28. The zero-order valence-corrected chi connectivity index (χ0v) is 18.6. The van der Waals surface area contributed by atoms with Gasteiger partial charge in [-0.3, -0.25) is 4.79 Å². The average molecular weight is 444 g/mol. The minimum atomic E-state index is -0.743. The molecule has 0 unspecified atom stereocenters. The highest BCUT2D eigenvalue weighted by molar-refractivity contribution is 5.93. The van der Waals surface area contributed by atoms with Crippen LogP contribution in [0.2, 0.25) is 0 Å². The summed E-state index contributed by atoms with van der Waals surface area (Å²) in [6, 6.07) is 5.29. The molecule has 4 rings (SSSR count). The molecule has 1 saturated carbocycles. The van der Waals surface area contributed by atoms with E-state index < -0.39 is 11.7 Å². The third-order valence-corrected chi connectivity index (χ3v) is 6.28. The van der Waals surface area contributed by atoms with Crippen molar-refractivity contribution in [3.8, 4) is 0 Å². The Bertz CT molecular complexity index is 972. The highest BCUT2D eigenvalue weighted by Gasteiger charge is 2.26. The lowest BCUT2D eigenvalue weighted by Gasteiger charge is -2.29. The number of rotatable bonds is 6. The van der Waals surface area contributed by atoms with E-state index in [1.165, 1.54) is 12.1 Å². The van der Waals surface area contributed by atoms with E-state index in [-0.39, 0.29) is 23.5 Å². The first kappa shape index (κ1) is 22.2. The van der Waals surface area contributed by atoms with Crippen LogP contribution in [0.5, 0.6) is 0 Å². The number of carbonyl (C=O) groups is 1. The summed E-state index contributed by atoms with van der Waals surface area (Å²) in [4.78, 5) is 23.6. The van der Waals surface area contributed by atoms with E-state index in [1.807, 2.05) is 13.8 Å². The Morgan fingerprint density at radius 1 is 1.25 bits per heavy atom. The van der Waals surface area contributed by atoms with Gasteiger partial charge in [0.1, 0.15) is 11.9 Å².